The molecule has 1 saturated heterocycles. The molecule has 3 aromatic rings. The van der Waals surface area contributed by atoms with Crippen molar-refractivity contribution in [1.82, 2.24) is 15.1 Å². The predicted molar refractivity (Wildman–Crippen MR) is 111 cm³/mol. The van der Waals surface area contributed by atoms with Crippen molar-refractivity contribution in [3.05, 3.63) is 69.9 Å². The summed E-state index contributed by atoms with van der Waals surface area (Å²) < 4.78 is 28.0. The smallest absolute Gasteiger partial charge is 0.272 e. The molecule has 0 radical (unpaired) electrons. The standard InChI is InChI=1S/C21H23FN3O2P/c1-2-25-9-11-28(27,12-10-25)20-14-15(7-8-18(20)22)13-19-16-5-3-4-6-17(16)21(26)24-23-19/h3-8,14H,2,9-13H2,1H3,(H,24,26). The van der Waals surface area contributed by atoms with Crippen LogP contribution in [0.5, 0.6) is 0 Å². The summed E-state index contributed by atoms with van der Waals surface area (Å²) in [6.07, 6.45) is 1.47. The first-order chi connectivity index (χ1) is 13.5. The maximum Gasteiger partial charge on any atom is 0.272 e. The van der Waals surface area contributed by atoms with Gasteiger partial charge in [0.2, 0.25) is 0 Å². The molecule has 4 rings (SSSR count). The van der Waals surface area contributed by atoms with Gasteiger partial charge in [0.1, 0.15) is 13.0 Å². The molecular formula is C21H23FN3O2P. The van der Waals surface area contributed by atoms with Crippen LogP contribution in [-0.4, -0.2) is 47.1 Å². The maximum atomic E-state index is 14.6. The van der Waals surface area contributed by atoms with Gasteiger partial charge in [0.15, 0.2) is 0 Å². The largest absolute Gasteiger partial charge is 0.318 e. The van der Waals surface area contributed by atoms with Crippen molar-refractivity contribution in [3.63, 3.8) is 0 Å². The van der Waals surface area contributed by atoms with E-state index in [1.54, 1.807) is 18.2 Å². The molecule has 0 bridgehead atoms. The van der Waals surface area contributed by atoms with E-state index in [0.717, 1.165) is 30.6 Å². The molecule has 7 heteroatoms. The fourth-order valence-electron chi connectivity index (χ4n) is 3.87. The molecule has 1 aromatic heterocycles. The van der Waals surface area contributed by atoms with Crippen LogP contribution in [0.2, 0.25) is 0 Å². The first kappa shape index (κ1) is 19.0. The molecule has 5 nitrogen and oxygen atoms in total. The van der Waals surface area contributed by atoms with Crippen LogP contribution in [0.1, 0.15) is 18.2 Å². The first-order valence-electron chi connectivity index (χ1n) is 9.56. The average Bonchev–Trinajstić information content (AvgIpc) is 2.72. The highest BCUT2D eigenvalue weighted by molar-refractivity contribution is 7.71. The maximum absolute atomic E-state index is 14.6. The summed E-state index contributed by atoms with van der Waals surface area (Å²) in [5.74, 6) is -0.392. The molecule has 2 aromatic carbocycles. The van der Waals surface area contributed by atoms with Crippen molar-refractivity contribution in [1.29, 1.82) is 0 Å². The van der Waals surface area contributed by atoms with E-state index >= 15 is 0 Å². The number of aromatic amines is 1. The summed E-state index contributed by atoms with van der Waals surface area (Å²) in [5.41, 5.74) is 1.33. The molecular weight excluding hydrogens is 376 g/mol. The number of aromatic nitrogens is 2. The van der Waals surface area contributed by atoms with E-state index in [9.17, 15) is 13.8 Å². The Hall–Kier alpha value is -2.30. The topological polar surface area (TPSA) is 66.1 Å². The fourth-order valence-corrected chi connectivity index (χ4v) is 6.65. The first-order valence-corrected chi connectivity index (χ1v) is 11.6. The van der Waals surface area contributed by atoms with Gasteiger partial charge in [-0.15, -0.1) is 0 Å². The second-order valence-electron chi connectivity index (χ2n) is 7.28. The molecule has 0 amide bonds. The van der Waals surface area contributed by atoms with Gasteiger partial charge in [0.05, 0.1) is 11.1 Å². The SMILES string of the molecule is CCN1CCP(=O)(c2cc(Cc3n[nH]c(=O)c4ccccc34)ccc2F)CC1. The number of nitrogens with zero attached hydrogens (tertiary/aromatic N) is 2. The van der Waals surface area contributed by atoms with Crippen LogP contribution >= 0.6 is 7.14 Å². The van der Waals surface area contributed by atoms with Crippen LogP contribution in [0.3, 0.4) is 0 Å². The van der Waals surface area contributed by atoms with Crippen LogP contribution in [0, 0.1) is 5.82 Å². The van der Waals surface area contributed by atoms with E-state index in [-0.39, 0.29) is 5.56 Å². The molecule has 0 atom stereocenters. The van der Waals surface area contributed by atoms with E-state index in [0.29, 0.717) is 35.1 Å². The molecule has 146 valence electrons. The van der Waals surface area contributed by atoms with E-state index in [4.69, 9.17) is 0 Å². The lowest BCUT2D eigenvalue weighted by Gasteiger charge is -2.31. The van der Waals surface area contributed by atoms with Crippen molar-refractivity contribution >= 4 is 23.2 Å². The number of rotatable bonds is 4. The van der Waals surface area contributed by atoms with Gasteiger partial charge < -0.3 is 9.46 Å². The molecule has 1 fully saturated rings. The van der Waals surface area contributed by atoms with E-state index in [2.05, 4.69) is 22.0 Å². The summed E-state index contributed by atoms with van der Waals surface area (Å²) in [4.78, 5) is 14.2. The monoisotopic (exact) mass is 399 g/mol. The van der Waals surface area contributed by atoms with Crippen molar-refractivity contribution in [3.8, 4) is 0 Å². The van der Waals surface area contributed by atoms with Crippen molar-refractivity contribution in [2.24, 2.45) is 0 Å². The third-order valence-electron chi connectivity index (χ3n) is 5.60. The molecule has 1 N–H and O–H groups in total. The van der Waals surface area contributed by atoms with Gasteiger partial charge in [-0.05, 0) is 30.3 Å². The third kappa shape index (κ3) is 3.54. The van der Waals surface area contributed by atoms with Gasteiger partial charge in [0, 0.05) is 42.5 Å². The minimum absolute atomic E-state index is 0.230. The summed E-state index contributed by atoms with van der Waals surface area (Å²) in [6.45, 7) is 4.49. The minimum atomic E-state index is -2.74. The predicted octanol–water partition coefficient (Wildman–Crippen LogP) is 2.98. The normalized spacial score (nSPS) is 17.1. The Balaban J connectivity index is 1.68. The number of fused-ring (bicyclic) bond motifs is 1. The molecule has 0 aliphatic carbocycles. The van der Waals surface area contributed by atoms with Gasteiger partial charge in [-0.3, -0.25) is 4.79 Å². The molecule has 2 heterocycles. The lowest BCUT2D eigenvalue weighted by molar-refractivity contribution is 0.312. The zero-order chi connectivity index (χ0) is 19.7. The lowest BCUT2D eigenvalue weighted by Crippen LogP contribution is -2.37. The number of benzene rings is 2. The minimum Gasteiger partial charge on any atom is -0.318 e. The summed E-state index contributed by atoms with van der Waals surface area (Å²) >= 11 is 0. The summed E-state index contributed by atoms with van der Waals surface area (Å²) in [5, 5.41) is 8.44. The number of halogens is 1. The van der Waals surface area contributed by atoms with Crippen LogP contribution < -0.4 is 10.9 Å². The zero-order valence-electron chi connectivity index (χ0n) is 15.8. The third-order valence-corrected chi connectivity index (χ3v) is 8.66. The number of H-pyrrole nitrogens is 1. The highest BCUT2D eigenvalue weighted by Crippen LogP contribution is 2.47. The average molecular weight is 399 g/mol. The highest BCUT2D eigenvalue weighted by atomic mass is 31.2. The highest BCUT2D eigenvalue weighted by Gasteiger charge is 2.32. The molecule has 1 aliphatic rings. The second-order valence-corrected chi connectivity index (χ2v) is 10.4. The van der Waals surface area contributed by atoms with Gasteiger partial charge >= 0.3 is 0 Å². The Morgan fingerprint density at radius 1 is 1.14 bits per heavy atom. The molecule has 1 aliphatic heterocycles. The Kier molecular flexibility index (Phi) is 5.17. The summed E-state index contributed by atoms with van der Waals surface area (Å²) in [6, 6.07) is 12.1. The fraction of sp³-hybridized carbons (Fsp3) is 0.333. The van der Waals surface area contributed by atoms with E-state index in [1.165, 1.54) is 6.07 Å². The van der Waals surface area contributed by atoms with Gasteiger partial charge in [-0.1, -0.05) is 31.2 Å². The number of hydrogen-bond acceptors (Lipinski definition) is 4. The van der Waals surface area contributed by atoms with Crippen LogP contribution in [0.4, 0.5) is 4.39 Å². The Morgan fingerprint density at radius 3 is 2.57 bits per heavy atom. The lowest BCUT2D eigenvalue weighted by atomic mass is 10.0. The molecule has 0 spiro atoms. The van der Waals surface area contributed by atoms with E-state index < -0.39 is 13.0 Å². The Morgan fingerprint density at radius 2 is 1.86 bits per heavy atom. The van der Waals surface area contributed by atoms with Gasteiger partial charge in [0.25, 0.3) is 5.56 Å². The van der Waals surface area contributed by atoms with Crippen LogP contribution in [0.25, 0.3) is 10.8 Å². The van der Waals surface area contributed by atoms with Crippen molar-refractivity contribution in [2.75, 3.05) is 32.0 Å². The van der Waals surface area contributed by atoms with Crippen LogP contribution in [0.15, 0.2) is 47.3 Å². The van der Waals surface area contributed by atoms with Crippen molar-refractivity contribution in [2.45, 2.75) is 13.3 Å². The quantitative estimate of drug-likeness (QED) is 0.685. The molecule has 28 heavy (non-hydrogen) atoms. The van der Waals surface area contributed by atoms with Crippen LogP contribution in [-0.2, 0) is 11.0 Å². The number of nitrogens with one attached hydrogen (secondary N) is 1. The van der Waals surface area contributed by atoms with Gasteiger partial charge in [-0.2, -0.15) is 5.10 Å². The molecule has 0 unspecified atom stereocenters. The summed E-state index contributed by atoms with van der Waals surface area (Å²) in [7, 11) is -2.74. The second kappa shape index (κ2) is 7.61. The van der Waals surface area contributed by atoms with E-state index in [1.807, 2.05) is 18.2 Å². The Labute approximate surface area is 163 Å². The Bertz CT molecular complexity index is 1120. The zero-order valence-corrected chi connectivity index (χ0v) is 16.7. The number of hydrogen-bond donors (Lipinski definition) is 1. The van der Waals surface area contributed by atoms with Crippen molar-refractivity contribution < 1.29 is 8.96 Å². The molecule has 0 saturated carbocycles. The van der Waals surface area contributed by atoms with Gasteiger partial charge in [-0.25, -0.2) is 9.49 Å².